The molecule has 0 bridgehead atoms. The average molecular weight is 360 g/mol. The number of hydrogen-bond acceptors (Lipinski definition) is 4. The molecule has 0 aliphatic carbocycles. The second-order valence-corrected chi connectivity index (χ2v) is 6.22. The van der Waals surface area contributed by atoms with Crippen molar-refractivity contribution in [1.29, 1.82) is 0 Å². The number of nitro groups is 1. The zero-order valence-corrected chi connectivity index (χ0v) is 15.1. The van der Waals surface area contributed by atoms with Crippen molar-refractivity contribution in [2.24, 2.45) is 4.99 Å². The van der Waals surface area contributed by atoms with Gasteiger partial charge in [-0.2, -0.15) is 0 Å². The number of amidine groups is 1. The molecular formula is C21H20N4O2. The van der Waals surface area contributed by atoms with Crippen molar-refractivity contribution in [3.8, 4) is 0 Å². The number of aliphatic imine (C=N–C) groups is 1. The molecule has 0 saturated carbocycles. The second-order valence-electron chi connectivity index (χ2n) is 6.22. The Kier molecular flexibility index (Phi) is 5.47. The zero-order valence-electron chi connectivity index (χ0n) is 15.1. The van der Waals surface area contributed by atoms with Gasteiger partial charge >= 0.3 is 0 Å². The van der Waals surface area contributed by atoms with E-state index >= 15 is 0 Å². The maximum atomic E-state index is 10.8. The molecule has 0 atom stereocenters. The minimum Gasteiger partial charge on any atom is -0.300 e. The fourth-order valence-electron chi connectivity index (χ4n) is 2.58. The average Bonchev–Trinajstić information content (AvgIpc) is 2.65. The van der Waals surface area contributed by atoms with Crippen LogP contribution in [0.3, 0.4) is 0 Å². The third-order valence-corrected chi connectivity index (χ3v) is 3.94. The molecule has 2 N–H and O–H groups in total. The van der Waals surface area contributed by atoms with Gasteiger partial charge in [-0.15, -0.1) is 0 Å². The van der Waals surface area contributed by atoms with Gasteiger partial charge < -0.3 is 0 Å². The lowest BCUT2D eigenvalue weighted by molar-refractivity contribution is -0.384. The molecule has 3 aromatic rings. The van der Waals surface area contributed by atoms with Crippen LogP contribution < -0.4 is 10.9 Å². The summed E-state index contributed by atoms with van der Waals surface area (Å²) in [5.74, 6) is 0.655. The van der Waals surface area contributed by atoms with Crippen molar-refractivity contribution in [2.45, 2.75) is 13.8 Å². The summed E-state index contributed by atoms with van der Waals surface area (Å²) in [5, 5.41) is 10.8. The Labute approximate surface area is 157 Å². The predicted octanol–water partition coefficient (Wildman–Crippen LogP) is 4.91. The smallest absolute Gasteiger partial charge is 0.269 e. The van der Waals surface area contributed by atoms with Crippen LogP contribution in [0.1, 0.15) is 16.7 Å². The van der Waals surface area contributed by atoms with E-state index in [1.54, 1.807) is 12.1 Å². The van der Waals surface area contributed by atoms with E-state index in [2.05, 4.69) is 10.9 Å². The first-order chi connectivity index (χ1) is 13.0. The molecule has 0 unspecified atom stereocenters. The van der Waals surface area contributed by atoms with Crippen molar-refractivity contribution in [3.05, 3.63) is 99.6 Å². The largest absolute Gasteiger partial charge is 0.300 e. The molecule has 0 aliphatic rings. The molecule has 0 aliphatic heterocycles. The van der Waals surface area contributed by atoms with Crippen LogP contribution in [0.15, 0.2) is 77.8 Å². The van der Waals surface area contributed by atoms with Gasteiger partial charge in [-0.3, -0.25) is 21.0 Å². The molecule has 0 saturated heterocycles. The molecule has 0 fully saturated rings. The Balaban J connectivity index is 1.87. The summed E-state index contributed by atoms with van der Waals surface area (Å²) in [6, 6.07) is 22.1. The van der Waals surface area contributed by atoms with Crippen molar-refractivity contribution in [1.82, 2.24) is 5.43 Å². The molecule has 6 nitrogen and oxygen atoms in total. The molecule has 0 heterocycles. The minimum absolute atomic E-state index is 0.0490. The lowest BCUT2D eigenvalue weighted by Crippen LogP contribution is -2.30. The first-order valence-corrected chi connectivity index (χ1v) is 8.50. The van der Waals surface area contributed by atoms with E-state index in [1.807, 2.05) is 62.4 Å². The number of rotatable bonds is 5. The van der Waals surface area contributed by atoms with Gasteiger partial charge in [0, 0.05) is 17.7 Å². The van der Waals surface area contributed by atoms with Crippen molar-refractivity contribution >= 4 is 22.9 Å². The van der Waals surface area contributed by atoms with Gasteiger partial charge in [0.25, 0.3) is 5.69 Å². The zero-order chi connectivity index (χ0) is 19.2. The first-order valence-electron chi connectivity index (χ1n) is 8.50. The number of nitrogens with one attached hydrogen (secondary N) is 2. The third-order valence-electron chi connectivity index (χ3n) is 3.94. The molecular weight excluding hydrogens is 340 g/mol. The number of hydrazine groups is 1. The van der Waals surface area contributed by atoms with Crippen LogP contribution in [0.25, 0.3) is 0 Å². The fourth-order valence-corrected chi connectivity index (χ4v) is 2.58. The maximum Gasteiger partial charge on any atom is 0.269 e. The highest BCUT2D eigenvalue weighted by atomic mass is 16.6. The fraction of sp³-hybridized carbons (Fsp3) is 0.0952. The van der Waals surface area contributed by atoms with Crippen LogP contribution in [0, 0.1) is 24.0 Å². The van der Waals surface area contributed by atoms with E-state index in [0.29, 0.717) is 11.5 Å². The standard InChI is InChI=1S/C21H20N4O2/c1-15-5-3-7-17(13-15)21(22-19-8-4-6-16(2)14-19)24-23-18-9-11-20(12-10-18)25(26)27/h3-14,23H,1-2H3,(H,22,24). The Morgan fingerprint density at radius 1 is 0.926 bits per heavy atom. The predicted molar refractivity (Wildman–Crippen MR) is 108 cm³/mol. The summed E-state index contributed by atoms with van der Waals surface area (Å²) in [4.78, 5) is 15.1. The topological polar surface area (TPSA) is 79.6 Å². The summed E-state index contributed by atoms with van der Waals surface area (Å²) >= 11 is 0. The second kappa shape index (κ2) is 8.14. The number of aryl methyl sites for hydroxylation is 2. The van der Waals surface area contributed by atoms with Crippen LogP contribution in [0.2, 0.25) is 0 Å². The third kappa shape index (κ3) is 4.92. The van der Waals surface area contributed by atoms with Gasteiger partial charge in [0.1, 0.15) is 0 Å². The molecule has 136 valence electrons. The quantitative estimate of drug-likeness (QED) is 0.293. The van der Waals surface area contributed by atoms with E-state index in [1.165, 1.54) is 12.1 Å². The monoisotopic (exact) mass is 360 g/mol. The Hall–Kier alpha value is -3.67. The van der Waals surface area contributed by atoms with E-state index in [4.69, 9.17) is 4.99 Å². The van der Waals surface area contributed by atoms with E-state index in [9.17, 15) is 10.1 Å². The van der Waals surface area contributed by atoms with Gasteiger partial charge in [0.15, 0.2) is 5.84 Å². The first kappa shape index (κ1) is 18.1. The number of nitro benzene ring substituents is 1. The SMILES string of the molecule is Cc1cccc(N=C(NNc2ccc([N+](=O)[O-])cc2)c2cccc(C)c2)c1. The van der Waals surface area contributed by atoms with Gasteiger partial charge in [-0.25, -0.2) is 4.99 Å². The van der Waals surface area contributed by atoms with Crippen LogP contribution in [-0.2, 0) is 0 Å². The molecule has 0 spiro atoms. The number of non-ortho nitro benzene ring substituents is 1. The summed E-state index contributed by atoms with van der Waals surface area (Å²) < 4.78 is 0. The molecule has 6 heteroatoms. The lowest BCUT2D eigenvalue weighted by atomic mass is 10.1. The Morgan fingerprint density at radius 3 is 2.22 bits per heavy atom. The minimum atomic E-state index is -0.422. The highest BCUT2D eigenvalue weighted by molar-refractivity contribution is 6.01. The van der Waals surface area contributed by atoms with Crippen LogP contribution >= 0.6 is 0 Å². The molecule has 0 amide bonds. The van der Waals surface area contributed by atoms with Gasteiger partial charge in [0.2, 0.25) is 0 Å². The molecule has 27 heavy (non-hydrogen) atoms. The highest BCUT2D eigenvalue weighted by Gasteiger charge is 2.07. The number of anilines is 1. The maximum absolute atomic E-state index is 10.8. The number of hydrogen-bond donors (Lipinski definition) is 2. The normalized spacial score (nSPS) is 11.1. The lowest BCUT2D eigenvalue weighted by Gasteiger charge is -2.13. The summed E-state index contributed by atoms with van der Waals surface area (Å²) in [6.45, 7) is 4.05. The van der Waals surface area contributed by atoms with E-state index < -0.39 is 4.92 Å². The molecule has 0 radical (unpaired) electrons. The van der Waals surface area contributed by atoms with Crippen molar-refractivity contribution in [3.63, 3.8) is 0 Å². The number of nitrogens with zero attached hydrogens (tertiary/aromatic N) is 2. The van der Waals surface area contributed by atoms with E-state index in [0.717, 1.165) is 22.4 Å². The molecule has 0 aromatic heterocycles. The summed E-state index contributed by atoms with van der Waals surface area (Å²) in [7, 11) is 0. The highest BCUT2D eigenvalue weighted by Crippen LogP contribution is 2.17. The van der Waals surface area contributed by atoms with Gasteiger partial charge in [0.05, 0.1) is 16.3 Å². The Bertz CT molecular complexity index is 981. The Morgan fingerprint density at radius 2 is 1.59 bits per heavy atom. The summed E-state index contributed by atoms with van der Waals surface area (Å²) in [6.07, 6.45) is 0. The van der Waals surface area contributed by atoms with Gasteiger partial charge in [-0.05, 0) is 49.7 Å². The van der Waals surface area contributed by atoms with Crippen molar-refractivity contribution in [2.75, 3.05) is 5.43 Å². The van der Waals surface area contributed by atoms with Gasteiger partial charge in [-0.1, -0.05) is 35.9 Å². The van der Waals surface area contributed by atoms with E-state index in [-0.39, 0.29) is 5.69 Å². The summed E-state index contributed by atoms with van der Waals surface area (Å²) in [5.41, 5.74) is 11.0. The molecule has 3 aromatic carbocycles. The van der Waals surface area contributed by atoms with Crippen LogP contribution in [-0.4, -0.2) is 10.8 Å². The van der Waals surface area contributed by atoms with Crippen LogP contribution in [0.5, 0.6) is 0 Å². The van der Waals surface area contributed by atoms with Crippen LogP contribution in [0.4, 0.5) is 17.1 Å². The molecule has 3 rings (SSSR count). The number of benzene rings is 3. The van der Waals surface area contributed by atoms with Crippen molar-refractivity contribution < 1.29 is 4.92 Å².